The minimum Gasteiger partial charge on any atom is -0.338 e. The summed E-state index contributed by atoms with van der Waals surface area (Å²) >= 11 is 0.799. The Balaban J connectivity index is 1.56. The molecule has 2 N–H and O–H groups in total. The third-order valence-corrected chi connectivity index (χ3v) is 7.03. The van der Waals surface area contributed by atoms with Gasteiger partial charge in [-0.05, 0) is 17.5 Å². The summed E-state index contributed by atoms with van der Waals surface area (Å²) in [6.07, 6.45) is 1.50. The second-order valence-corrected chi connectivity index (χ2v) is 10.00. The van der Waals surface area contributed by atoms with Crippen LogP contribution in [0.2, 0.25) is 0 Å². The molecule has 1 saturated heterocycles. The number of benzene rings is 1. The third kappa shape index (κ3) is 5.58. The van der Waals surface area contributed by atoms with Gasteiger partial charge in [0.1, 0.15) is 0 Å². The molecule has 0 unspecified atom stereocenters. The van der Waals surface area contributed by atoms with Crippen molar-refractivity contribution in [3.05, 3.63) is 35.4 Å². The average molecular weight is 438 g/mol. The maximum Gasteiger partial charge on any atom is 0.270 e. The molecule has 1 aromatic heterocycles. The van der Waals surface area contributed by atoms with Crippen LogP contribution in [0.1, 0.15) is 37.8 Å². The highest BCUT2D eigenvalue weighted by Crippen LogP contribution is 2.21. The fraction of sp³-hybridized carbons (Fsp3) is 0.444. The predicted octanol–water partition coefficient (Wildman–Crippen LogP) is 1.73. The number of rotatable bonds is 8. The van der Waals surface area contributed by atoms with Gasteiger partial charge in [-0.2, -0.15) is 0 Å². The summed E-state index contributed by atoms with van der Waals surface area (Å²) in [6, 6.07) is 7.43. The normalized spacial score (nSPS) is 14.6. The summed E-state index contributed by atoms with van der Waals surface area (Å²) in [4.78, 5) is 25.2. The van der Waals surface area contributed by atoms with Crippen LogP contribution >= 0.6 is 11.3 Å². The monoisotopic (exact) mass is 437 g/mol. The zero-order valence-corrected chi connectivity index (χ0v) is 17.8. The quantitative estimate of drug-likeness (QED) is 0.607. The summed E-state index contributed by atoms with van der Waals surface area (Å²) < 4.78 is 27.1. The second kappa shape index (κ2) is 8.97. The minimum atomic E-state index is -3.84. The van der Waals surface area contributed by atoms with Crippen molar-refractivity contribution in [1.82, 2.24) is 19.8 Å². The fourth-order valence-electron chi connectivity index (χ4n) is 2.71. The maximum absolute atomic E-state index is 12.4. The Morgan fingerprint density at radius 2 is 1.90 bits per heavy atom. The molecule has 1 aliphatic rings. The van der Waals surface area contributed by atoms with E-state index in [2.05, 4.69) is 20.2 Å². The summed E-state index contributed by atoms with van der Waals surface area (Å²) in [5.41, 5.74) is 1.78. The van der Waals surface area contributed by atoms with Gasteiger partial charge < -0.3 is 10.2 Å². The van der Waals surface area contributed by atoms with Gasteiger partial charge in [0.25, 0.3) is 10.0 Å². The second-order valence-electron chi connectivity index (χ2n) is 7.08. The first-order valence-corrected chi connectivity index (χ1v) is 11.5. The molecule has 0 aliphatic carbocycles. The van der Waals surface area contributed by atoms with Crippen LogP contribution in [0, 0.1) is 5.92 Å². The Morgan fingerprint density at radius 3 is 2.52 bits per heavy atom. The Labute approximate surface area is 173 Å². The van der Waals surface area contributed by atoms with Crippen LogP contribution in [0.15, 0.2) is 28.6 Å². The lowest BCUT2D eigenvalue weighted by molar-refractivity contribution is -0.128. The van der Waals surface area contributed by atoms with Crippen molar-refractivity contribution in [2.75, 3.05) is 11.9 Å². The molecule has 2 aromatic rings. The highest BCUT2D eigenvalue weighted by molar-refractivity contribution is 7.91. The van der Waals surface area contributed by atoms with Crippen molar-refractivity contribution in [2.24, 2.45) is 5.92 Å². The maximum atomic E-state index is 12.4. The molecule has 0 radical (unpaired) electrons. The number of carbonyl (C=O) groups is 2. The van der Waals surface area contributed by atoms with E-state index >= 15 is 0 Å². The number of nitrogens with one attached hydrogen (secondary N) is 2. The number of anilines is 1. The Kier molecular flexibility index (Phi) is 6.60. The summed E-state index contributed by atoms with van der Waals surface area (Å²) in [5.74, 6) is -0.333. The SMILES string of the molecule is CC(C)C(=O)Nc1nnc(S(=O)(=O)NCc2ccc(CN3CCCC3=O)cc2)s1. The van der Waals surface area contributed by atoms with E-state index in [0.29, 0.717) is 13.0 Å². The first-order chi connectivity index (χ1) is 13.7. The summed E-state index contributed by atoms with van der Waals surface area (Å²) in [5, 5.41) is 10.0. The van der Waals surface area contributed by atoms with Crippen LogP contribution in [-0.2, 0) is 32.7 Å². The van der Waals surface area contributed by atoms with E-state index < -0.39 is 10.0 Å². The molecule has 0 spiro atoms. The van der Waals surface area contributed by atoms with Crippen LogP contribution in [0.4, 0.5) is 5.13 Å². The number of carbonyl (C=O) groups excluding carboxylic acids is 2. The fourth-order valence-corrected chi connectivity index (χ4v) is 4.67. The van der Waals surface area contributed by atoms with E-state index in [1.54, 1.807) is 13.8 Å². The highest BCUT2D eigenvalue weighted by Gasteiger charge is 2.22. The number of aromatic nitrogens is 2. The van der Waals surface area contributed by atoms with Crippen molar-refractivity contribution in [1.29, 1.82) is 0 Å². The van der Waals surface area contributed by atoms with Crippen LogP contribution in [0.25, 0.3) is 0 Å². The predicted molar refractivity (Wildman–Crippen MR) is 108 cm³/mol. The van der Waals surface area contributed by atoms with Gasteiger partial charge in [-0.15, -0.1) is 10.2 Å². The topological polar surface area (TPSA) is 121 Å². The molecule has 156 valence electrons. The van der Waals surface area contributed by atoms with Crippen LogP contribution < -0.4 is 10.0 Å². The minimum absolute atomic E-state index is 0.0958. The number of hydrogen-bond donors (Lipinski definition) is 2. The van der Waals surface area contributed by atoms with E-state index in [9.17, 15) is 18.0 Å². The molecular formula is C18H23N5O4S2. The molecule has 9 nitrogen and oxygen atoms in total. The molecule has 2 amide bonds. The van der Waals surface area contributed by atoms with E-state index in [1.165, 1.54) is 0 Å². The Bertz CT molecular complexity index is 986. The zero-order valence-electron chi connectivity index (χ0n) is 16.2. The molecule has 0 saturated carbocycles. The van der Waals surface area contributed by atoms with Gasteiger partial charge in [-0.1, -0.05) is 49.4 Å². The van der Waals surface area contributed by atoms with E-state index in [-0.39, 0.29) is 33.7 Å². The first kappa shape index (κ1) is 21.3. The summed E-state index contributed by atoms with van der Waals surface area (Å²) in [7, 11) is -3.84. The van der Waals surface area contributed by atoms with Crippen molar-refractivity contribution in [2.45, 2.75) is 44.1 Å². The lowest BCUT2D eigenvalue weighted by Crippen LogP contribution is -2.24. The summed E-state index contributed by atoms with van der Waals surface area (Å²) in [6.45, 7) is 4.90. The highest BCUT2D eigenvalue weighted by atomic mass is 32.2. The van der Waals surface area contributed by atoms with Gasteiger partial charge >= 0.3 is 0 Å². The smallest absolute Gasteiger partial charge is 0.270 e. The number of likely N-dealkylation sites (tertiary alicyclic amines) is 1. The molecule has 3 rings (SSSR count). The van der Waals surface area contributed by atoms with Gasteiger partial charge in [0.15, 0.2) is 0 Å². The molecule has 2 heterocycles. The van der Waals surface area contributed by atoms with Crippen LogP contribution in [0.3, 0.4) is 0 Å². The van der Waals surface area contributed by atoms with Crippen molar-refractivity contribution in [3.8, 4) is 0 Å². The van der Waals surface area contributed by atoms with E-state index in [1.807, 2.05) is 29.2 Å². The molecule has 0 atom stereocenters. The molecule has 29 heavy (non-hydrogen) atoms. The number of sulfonamides is 1. The number of hydrogen-bond acceptors (Lipinski definition) is 7. The molecule has 1 aromatic carbocycles. The molecule has 1 fully saturated rings. The van der Waals surface area contributed by atoms with Gasteiger partial charge in [0.05, 0.1) is 0 Å². The number of nitrogens with zero attached hydrogens (tertiary/aromatic N) is 3. The Morgan fingerprint density at radius 1 is 1.21 bits per heavy atom. The van der Waals surface area contributed by atoms with Gasteiger partial charge in [-0.25, -0.2) is 13.1 Å². The van der Waals surface area contributed by atoms with Crippen LogP contribution in [0.5, 0.6) is 0 Å². The number of amides is 2. The van der Waals surface area contributed by atoms with Crippen molar-refractivity contribution < 1.29 is 18.0 Å². The van der Waals surface area contributed by atoms with Crippen molar-refractivity contribution in [3.63, 3.8) is 0 Å². The van der Waals surface area contributed by atoms with E-state index in [0.717, 1.165) is 35.4 Å². The molecule has 1 aliphatic heterocycles. The standard InChI is InChI=1S/C18H23N5O4S2/c1-12(2)16(25)20-17-21-22-18(28-17)29(26,27)19-10-13-5-7-14(8-6-13)11-23-9-3-4-15(23)24/h5-8,12,19H,3-4,9-11H2,1-2H3,(H,20,21,25). The van der Waals surface area contributed by atoms with E-state index in [4.69, 9.17) is 0 Å². The largest absolute Gasteiger partial charge is 0.338 e. The molecule has 11 heteroatoms. The van der Waals surface area contributed by atoms with Gasteiger partial charge in [0.2, 0.25) is 21.3 Å². The molecular weight excluding hydrogens is 414 g/mol. The lowest BCUT2D eigenvalue weighted by Gasteiger charge is -2.15. The van der Waals surface area contributed by atoms with Gasteiger partial charge in [0, 0.05) is 32.0 Å². The van der Waals surface area contributed by atoms with Crippen molar-refractivity contribution >= 4 is 38.3 Å². The molecule has 0 bridgehead atoms. The third-order valence-electron chi connectivity index (χ3n) is 4.42. The Hall–Kier alpha value is -2.37. The van der Waals surface area contributed by atoms with Gasteiger partial charge in [-0.3, -0.25) is 9.59 Å². The van der Waals surface area contributed by atoms with Crippen LogP contribution in [-0.4, -0.2) is 41.9 Å². The lowest BCUT2D eigenvalue weighted by atomic mass is 10.1. The first-order valence-electron chi connectivity index (χ1n) is 9.24. The zero-order chi connectivity index (χ0) is 21.0. The average Bonchev–Trinajstić information content (AvgIpc) is 3.31.